The molecule has 11 heteroatoms. The SMILES string of the molecule is C=C1CCSc2c1cccc2N1CCc2c(nc(OC[C@@H]3CCCN3C)nc2N2CCN(C(=O)OCc3ccccc3)[C@@H](CC#N)C2)C1. The summed E-state index contributed by atoms with van der Waals surface area (Å²) in [4.78, 5) is 33.3. The zero-order chi connectivity index (χ0) is 33.0. The second-order valence-electron chi connectivity index (χ2n) is 13.1. The van der Waals surface area contributed by atoms with Crippen molar-refractivity contribution in [2.24, 2.45) is 0 Å². The first kappa shape index (κ1) is 32.3. The number of hydrogen-bond acceptors (Lipinski definition) is 10. The van der Waals surface area contributed by atoms with Crippen LogP contribution in [0.15, 0.2) is 60.0 Å². The lowest BCUT2D eigenvalue weighted by Gasteiger charge is -2.42. The molecule has 7 rings (SSSR count). The highest BCUT2D eigenvalue weighted by Gasteiger charge is 2.35. The van der Waals surface area contributed by atoms with Gasteiger partial charge in [0.15, 0.2) is 0 Å². The zero-order valence-corrected chi connectivity index (χ0v) is 28.5. The number of likely N-dealkylation sites (tertiary alicyclic amines) is 1. The number of allylic oxidation sites excluding steroid dienone is 1. The fourth-order valence-electron chi connectivity index (χ4n) is 7.27. The Bertz CT molecular complexity index is 1700. The molecule has 0 spiro atoms. The minimum absolute atomic E-state index is 0.198. The van der Waals surface area contributed by atoms with Gasteiger partial charge < -0.3 is 29.1 Å². The number of aromatic nitrogens is 2. The van der Waals surface area contributed by atoms with Crippen LogP contribution in [0.1, 0.15) is 48.1 Å². The molecule has 2 atom stereocenters. The number of likely N-dealkylation sites (N-methyl/N-ethyl adjacent to an activating group) is 1. The Labute approximate surface area is 287 Å². The summed E-state index contributed by atoms with van der Waals surface area (Å²) in [6.07, 6.45) is 3.88. The van der Waals surface area contributed by atoms with Gasteiger partial charge in [-0.3, -0.25) is 0 Å². The number of carbonyl (C=O) groups excluding carboxylic acids is 1. The molecule has 0 bridgehead atoms. The highest BCUT2D eigenvalue weighted by molar-refractivity contribution is 7.99. The summed E-state index contributed by atoms with van der Waals surface area (Å²) in [5, 5.41) is 9.74. The number of nitrogens with zero attached hydrogens (tertiary/aromatic N) is 7. The predicted octanol–water partition coefficient (Wildman–Crippen LogP) is 5.76. The maximum Gasteiger partial charge on any atom is 0.410 e. The molecule has 250 valence electrons. The average molecular weight is 666 g/mol. The number of benzene rings is 2. The fraction of sp³-hybridized carbons (Fsp3) is 0.459. The van der Waals surface area contributed by atoms with E-state index < -0.39 is 6.09 Å². The number of piperazine rings is 1. The van der Waals surface area contributed by atoms with Gasteiger partial charge in [0, 0.05) is 48.4 Å². The standard InChI is InChI=1S/C37H43N7O3S/c1-26-15-21-48-34-30(26)11-6-12-33(34)42-18-14-31-32(23-42)39-36(46-25-29-10-7-17-41(29)2)40-35(31)43-19-20-44(28(22-43)13-16-38)37(45)47-24-27-8-4-3-5-9-27/h3-6,8-9,11-12,28-29H,1,7,10,13-15,17-25H2,2H3/t28-,29-/m0/s1. The van der Waals surface area contributed by atoms with E-state index in [2.05, 4.69) is 52.6 Å². The van der Waals surface area contributed by atoms with E-state index in [1.54, 1.807) is 4.90 Å². The van der Waals surface area contributed by atoms with Crippen LogP contribution in [0.4, 0.5) is 16.3 Å². The third-order valence-corrected chi connectivity index (χ3v) is 11.1. The van der Waals surface area contributed by atoms with E-state index in [4.69, 9.17) is 19.4 Å². The molecule has 2 fully saturated rings. The fourth-order valence-corrected chi connectivity index (χ4v) is 8.53. The van der Waals surface area contributed by atoms with Crippen molar-refractivity contribution in [2.75, 3.05) is 61.9 Å². The van der Waals surface area contributed by atoms with Gasteiger partial charge in [-0.2, -0.15) is 15.2 Å². The number of anilines is 2. The van der Waals surface area contributed by atoms with Crippen LogP contribution in [-0.2, 0) is 24.3 Å². The minimum atomic E-state index is -0.393. The number of hydrogen-bond donors (Lipinski definition) is 0. The largest absolute Gasteiger partial charge is 0.462 e. The van der Waals surface area contributed by atoms with Gasteiger partial charge in [0.1, 0.15) is 19.0 Å². The van der Waals surface area contributed by atoms with Crippen LogP contribution in [0.3, 0.4) is 0 Å². The second kappa shape index (κ2) is 14.5. The van der Waals surface area contributed by atoms with Crippen LogP contribution in [0.2, 0.25) is 0 Å². The number of rotatable bonds is 8. The van der Waals surface area contributed by atoms with Gasteiger partial charge in [-0.25, -0.2) is 4.79 Å². The summed E-state index contributed by atoms with van der Waals surface area (Å²) in [5.74, 6) is 1.90. The number of fused-ring (bicyclic) bond motifs is 2. The zero-order valence-electron chi connectivity index (χ0n) is 27.6. The highest BCUT2D eigenvalue weighted by atomic mass is 32.2. The van der Waals surface area contributed by atoms with E-state index in [1.165, 1.54) is 28.1 Å². The Morgan fingerprint density at radius 3 is 2.73 bits per heavy atom. The normalized spacial score (nSPS) is 21.0. The molecular weight excluding hydrogens is 623 g/mol. The molecular formula is C37H43N7O3S. The molecule has 48 heavy (non-hydrogen) atoms. The number of amides is 1. The van der Waals surface area contributed by atoms with E-state index in [-0.39, 0.29) is 19.1 Å². The Hall–Kier alpha value is -4.27. The topological polar surface area (TPSA) is 98.1 Å². The van der Waals surface area contributed by atoms with Crippen molar-refractivity contribution in [1.82, 2.24) is 19.8 Å². The van der Waals surface area contributed by atoms with Crippen LogP contribution in [0, 0.1) is 11.3 Å². The van der Waals surface area contributed by atoms with Crippen LogP contribution in [0.5, 0.6) is 6.01 Å². The molecule has 4 aliphatic rings. The maximum atomic E-state index is 13.2. The van der Waals surface area contributed by atoms with E-state index >= 15 is 0 Å². The van der Waals surface area contributed by atoms with Crippen molar-refractivity contribution in [2.45, 2.75) is 62.2 Å². The summed E-state index contributed by atoms with van der Waals surface area (Å²) >= 11 is 1.91. The molecule has 0 unspecified atom stereocenters. The molecule has 0 aliphatic carbocycles. The maximum absolute atomic E-state index is 13.2. The molecule has 1 aromatic heterocycles. The molecule has 5 heterocycles. The average Bonchev–Trinajstić information content (AvgIpc) is 3.53. The van der Waals surface area contributed by atoms with Crippen molar-refractivity contribution in [3.63, 3.8) is 0 Å². The number of thioether (sulfide) groups is 1. The molecule has 0 radical (unpaired) electrons. The molecule has 2 aromatic carbocycles. The number of carbonyl (C=O) groups is 1. The lowest BCUT2D eigenvalue weighted by Crippen LogP contribution is -2.55. The molecule has 2 saturated heterocycles. The van der Waals surface area contributed by atoms with Gasteiger partial charge in [0.2, 0.25) is 0 Å². The van der Waals surface area contributed by atoms with Crippen LogP contribution >= 0.6 is 11.8 Å². The van der Waals surface area contributed by atoms with E-state index in [9.17, 15) is 10.1 Å². The molecule has 4 aliphatic heterocycles. The number of ether oxygens (including phenoxy) is 2. The molecule has 3 aromatic rings. The van der Waals surface area contributed by atoms with Crippen LogP contribution in [-0.4, -0.2) is 90.1 Å². The van der Waals surface area contributed by atoms with Crippen molar-refractivity contribution in [3.05, 3.63) is 77.5 Å². The van der Waals surface area contributed by atoms with Gasteiger partial charge in [-0.1, -0.05) is 49.0 Å². The highest BCUT2D eigenvalue weighted by Crippen LogP contribution is 2.43. The van der Waals surface area contributed by atoms with Gasteiger partial charge in [0.25, 0.3) is 0 Å². The smallest absolute Gasteiger partial charge is 0.410 e. The van der Waals surface area contributed by atoms with Crippen molar-refractivity contribution >= 4 is 34.9 Å². The molecule has 0 N–H and O–H groups in total. The van der Waals surface area contributed by atoms with Crippen molar-refractivity contribution in [3.8, 4) is 12.1 Å². The van der Waals surface area contributed by atoms with Gasteiger partial charge in [-0.05, 0) is 62.0 Å². The van der Waals surface area contributed by atoms with Gasteiger partial charge in [0.05, 0.1) is 36.5 Å². The minimum Gasteiger partial charge on any atom is -0.462 e. The molecule has 10 nitrogen and oxygen atoms in total. The lowest BCUT2D eigenvalue weighted by atomic mass is 10.0. The van der Waals surface area contributed by atoms with Gasteiger partial charge in [-0.15, -0.1) is 11.8 Å². The number of nitriles is 1. The summed E-state index contributed by atoms with van der Waals surface area (Å²) in [5.41, 5.74) is 6.71. The molecule has 0 saturated carbocycles. The quantitative estimate of drug-likeness (QED) is 0.295. The third kappa shape index (κ3) is 6.82. The van der Waals surface area contributed by atoms with Gasteiger partial charge >= 0.3 is 12.1 Å². The lowest BCUT2D eigenvalue weighted by molar-refractivity contribution is 0.0767. The van der Waals surface area contributed by atoms with Crippen LogP contribution < -0.4 is 14.5 Å². The summed E-state index contributed by atoms with van der Waals surface area (Å²) in [6, 6.07) is 18.9. The van der Waals surface area contributed by atoms with E-state index in [0.717, 1.165) is 60.7 Å². The Balaban J connectivity index is 1.14. The Morgan fingerprint density at radius 2 is 1.92 bits per heavy atom. The van der Waals surface area contributed by atoms with Crippen LogP contribution in [0.25, 0.3) is 5.57 Å². The third-order valence-electron chi connectivity index (χ3n) is 10.0. The Morgan fingerprint density at radius 1 is 1.04 bits per heavy atom. The summed E-state index contributed by atoms with van der Waals surface area (Å²) in [7, 11) is 2.14. The first-order valence-corrected chi connectivity index (χ1v) is 18.0. The van der Waals surface area contributed by atoms with Crippen molar-refractivity contribution < 1.29 is 14.3 Å². The van der Waals surface area contributed by atoms with Crippen molar-refractivity contribution in [1.29, 1.82) is 5.26 Å². The molecule has 1 amide bonds. The predicted molar refractivity (Wildman–Crippen MR) is 188 cm³/mol. The Kier molecular flexibility index (Phi) is 9.73. The van der Waals surface area contributed by atoms with E-state index in [0.29, 0.717) is 44.8 Å². The summed E-state index contributed by atoms with van der Waals surface area (Å²) in [6.45, 7) is 9.14. The first-order valence-electron chi connectivity index (χ1n) is 17.0. The second-order valence-corrected chi connectivity index (χ2v) is 14.2. The monoisotopic (exact) mass is 665 g/mol. The van der Waals surface area contributed by atoms with E-state index in [1.807, 2.05) is 42.1 Å². The summed E-state index contributed by atoms with van der Waals surface area (Å²) < 4.78 is 12.0. The first-order chi connectivity index (χ1) is 23.5.